The highest BCUT2D eigenvalue weighted by Gasteiger charge is 2.17. The number of benzene rings is 2. The van der Waals surface area contributed by atoms with E-state index in [9.17, 15) is 12.8 Å². The van der Waals surface area contributed by atoms with Gasteiger partial charge in [-0.05, 0) is 29.8 Å². The summed E-state index contributed by atoms with van der Waals surface area (Å²) in [5, 5.41) is 0.120. The Hall–Kier alpha value is -1.56. The van der Waals surface area contributed by atoms with E-state index >= 15 is 0 Å². The van der Waals surface area contributed by atoms with Gasteiger partial charge in [0, 0.05) is 0 Å². The molecule has 1 N–H and O–H groups in total. The minimum Gasteiger partial charge on any atom is -0.281 e. The molecule has 0 aliphatic rings. The second kappa shape index (κ2) is 7.13. The molecular weight excluding hydrogens is 348 g/mol. The zero-order valence-electron chi connectivity index (χ0n) is 11.3. The van der Waals surface area contributed by atoms with Gasteiger partial charge in [-0.1, -0.05) is 41.9 Å². The molecule has 0 unspecified atom stereocenters. The van der Waals surface area contributed by atoms with Gasteiger partial charge in [0.05, 0.1) is 21.5 Å². The highest BCUT2D eigenvalue weighted by molar-refractivity contribution is 7.89. The number of alkyl halides is 1. The third kappa shape index (κ3) is 4.00. The first-order valence-corrected chi connectivity index (χ1v) is 8.62. The van der Waals surface area contributed by atoms with Gasteiger partial charge in [-0.3, -0.25) is 4.72 Å². The van der Waals surface area contributed by atoms with Crippen molar-refractivity contribution in [2.45, 2.75) is 4.90 Å². The summed E-state index contributed by atoms with van der Waals surface area (Å²) in [5.74, 6) is -0.548. The van der Waals surface area contributed by atoms with E-state index in [0.717, 1.165) is 0 Å². The predicted molar refractivity (Wildman–Crippen MR) is 86.7 cm³/mol. The van der Waals surface area contributed by atoms with Crippen molar-refractivity contribution >= 4 is 38.3 Å². The van der Waals surface area contributed by atoms with E-state index in [-0.39, 0.29) is 21.5 Å². The molecule has 116 valence electrons. The average Bonchev–Trinajstić information content (AvgIpc) is 2.53. The Morgan fingerprint density at radius 1 is 1.05 bits per heavy atom. The SMILES string of the molecule is O=S(=O)(N/C(CCl)=C(\Cl)c1ccc(F)cc1)c1ccccc1. The van der Waals surface area contributed by atoms with E-state index in [0.29, 0.717) is 5.56 Å². The van der Waals surface area contributed by atoms with Crippen LogP contribution in [0.25, 0.3) is 5.03 Å². The first-order valence-electron chi connectivity index (χ1n) is 6.22. The lowest BCUT2D eigenvalue weighted by Gasteiger charge is -2.12. The van der Waals surface area contributed by atoms with Crippen molar-refractivity contribution in [2.24, 2.45) is 0 Å². The maximum Gasteiger partial charge on any atom is 0.261 e. The van der Waals surface area contributed by atoms with Crippen LogP contribution in [-0.4, -0.2) is 14.3 Å². The molecule has 7 heteroatoms. The van der Waals surface area contributed by atoms with Crippen LogP contribution in [0.2, 0.25) is 0 Å². The summed E-state index contributed by atoms with van der Waals surface area (Å²) >= 11 is 12.0. The monoisotopic (exact) mass is 359 g/mol. The molecule has 0 atom stereocenters. The topological polar surface area (TPSA) is 46.2 Å². The molecule has 22 heavy (non-hydrogen) atoms. The molecule has 0 amide bonds. The van der Waals surface area contributed by atoms with Gasteiger partial charge in [0.15, 0.2) is 0 Å². The molecule has 2 rings (SSSR count). The third-order valence-electron chi connectivity index (χ3n) is 2.81. The Kier molecular flexibility index (Phi) is 5.45. The smallest absolute Gasteiger partial charge is 0.261 e. The van der Waals surface area contributed by atoms with Crippen LogP contribution in [0.15, 0.2) is 65.2 Å². The number of sulfonamides is 1. The van der Waals surface area contributed by atoms with Crippen molar-refractivity contribution in [1.29, 1.82) is 0 Å². The Labute approximate surface area is 138 Å². The Morgan fingerprint density at radius 3 is 2.18 bits per heavy atom. The number of nitrogens with one attached hydrogen (secondary N) is 1. The number of halogens is 3. The molecule has 2 aromatic carbocycles. The van der Waals surface area contributed by atoms with Gasteiger partial charge >= 0.3 is 0 Å². The van der Waals surface area contributed by atoms with E-state index < -0.39 is 15.8 Å². The van der Waals surface area contributed by atoms with E-state index in [1.165, 1.54) is 36.4 Å². The summed E-state index contributed by atoms with van der Waals surface area (Å²) in [6.07, 6.45) is 0. The highest BCUT2D eigenvalue weighted by atomic mass is 35.5. The summed E-state index contributed by atoms with van der Waals surface area (Å²) in [7, 11) is -3.78. The van der Waals surface area contributed by atoms with E-state index in [1.807, 2.05) is 0 Å². The molecule has 0 saturated carbocycles. The molecule has 0 bridgehead atoms. The summed E-state index contributed by atoms with van der Waals surface area (Å²) in [6.45, 7) is 0. The molecule has 0 spiro atoms. The van der Waals surface area contributed by atoms with Crippen LogP contribution in [0.3, 0.4) is 0 Å². The fourth-order valence-corrected chi connectivity index (χ4v) is 3.50. The average molecular weight is 360 g/mol. The normalized spacial score (nSPS) is 12.7. The zero-order valence-corrected chi connectivity index (χ0v) is 13.6. The second-order valence-electron chi connectivity index (χ2n) is 4.35. The van der Waals surface area contributed by atoms with Crippen molar-refractivity contribution in [3.63, 3.8) is 0 Å². The Bertz CT molecular complexity index is 775. The number of hydrogen-bond acceptors (Lipinski definition) is 2. The molecular formula is C15H12Cl2FNO2S. The molecule has 2 aromatic rings. The maximum absolute atomic E-state index is 12.9. The van der Waals surface area contributed by atoms with Crippen molar-refractivity contribution in [3.8, 4) is 0 Å². The molecule has 0 fully saturated rings. The molecule has 3 nitrogen and oxygen atoms in total. The largest absolute Gasteiger partial charge is 0.281 e. The third-order valence-corrected chi connectivity index (χ3v) is 4.93. The van der Waals surface area contributed by atoms with Crippen molar-refractivity contribution in [1.82, 2.24) is 4.72 Å². The van der Waals surface area contributed by atoms with Crippen LogP contribution in [-0.2, 0) is 10.0 Å². The molecule has 0 saturated heterocycles. The molecule has 0 heterocycles. The van der Waals surface area contributed by atoms with Gasteiger partial charge in [-0.2, -0.15) is 0 Å². The summed E-state index contributed by atoms with van der Waals surface area (Å²) < 4.78 is 39.8. The maximum atomic E-state index is 12.9. The van der Waals surface area contributed by atoms with Crippen LogP contribution in [0.4, 0.5) is 4.39 Å². The van der Waals surface area contributed by atoms with Gasteiger partial charge in [-0.25, -0.2) is 12.8 Å². The van der Waals surface area contributed by atoms with Gasteiger partial charge in [0.25, 0.3) is 10.0 Å². The Morgan fingerprint density at radius 2 is 1.64 bits per heavy atom. The zero-order chi connectivity index (χ0) is 16.2. The van der Waals surface area contributed by atoms with Gasteiger partial charge in [-0.15, -0.1) is 11.6 Å². The molecule has 0 radical (unpaired) electrons. The van der Waals surface area contributed by atoms with Crippen molar-refractivity contribution in [2.75, 3.05) is 5.88 Å². The van der Waals surface area contributed by atoms with Crippen LogP contribution in [0, 0.1) is 5.82 Å². The number of allylic oxidation sites excluding steroid dienone is 1. The van der Waals surface area contributed by atoms with Gasteiger partial charge in [0.1, 0.15) is 5.82 Å². The minimum absolute atomic E-state index is 0.0983. The first-order chi connectivity index (χ1) is 10.4. The minimum atomic E-state index is -3.78. The van der Waals surface area contributed by atoms with Crippen LogP contribution in [0.1, 0.15) is 5.56 Å². The number of hydrogen-bond donors (Lipinski definition) is 1. The molecule has 0 aliphatic heterocycles. The predicted octanol–water partition coefficient (Wildman–Crippen LogP) is 3.95. The molecule has 0 aromatic heterocycles. The van der Waals surface area contributed by atoms with Crippen molar-refractivity contribution < 1.29 is 12.8 Å². The fraction of sp³-hybridized carbons (Fsp3) is 0.0667. The summed E-state index contributed by atoms with van der Waals surface area (Å²) in [5.41, 5.74) is 0.591. The second-order valence-corrected chi connectivity index (χ2v) is 6.68. The Balaban J connectivity index is 2.36. The lowest BCUT2D eigenvalue weighted by molar-refractivity contribution is 0.589. The van der Waals surface area contributed by atoms with E-state index in [2.05, 4.69) is 4.72 Å². The van der Waals surface area contributed by atoms with Crippen LogP contribution >= 0.6 is 23.2 Å². The summed E-state index contributed by atoms with van der Waals surface area (Å²) in [4.78, 5) is 0.0983. The van der Waals surface area contributed by atoms with Gasteiger partial charge < -0.3 is 0 Å². The number of rotatable bonds is 5. The highest BCUT2D eigenvalue weighted by Crippen LogP contribution is 2.24. The standard InChI is InChI=1S/C15H12Cl2FNO2S/c16-10-14(15(17)11-6-8-12(18)9-7-11)19-22(20,21)13-4-2-1-3-5-13/h1-9,19H,10H2/b15-14-. The first kappa shape index (κ1) is 16.8. The fourth-order valence-electron chi connectivity index (χ4n) is 1.72. The summed E-state index contributed by atoms with van der Waals surface area (Å²) in [6, 6.07) is 13.2. The quantitative estimate of drug-likeness (QED) is 0.821. The van der Waals surface area contributed by atoms with Gasteiger partial charge in [0.2, 0.25) is 0 Å². The lowest BCUT2D eigenvalue weighted by atomic mass is 10.2. The van der Waals surface area contributed by atoms with Crippen LogP contribution in [0.5, 0.6) is 0 Å². The molecule has 0 aliphatic carbocycles. The van der Waals surface area contributed by atoms with E-state index in [1.54, 1.807) is 18.2 Å². The van der Waals surface area contributed by atoms with Crippen LogP contribution < -0.4 is 4.72 Å². The van der Waals surface area contributed by atoms with Crippen molar-refractivity contribution in [3.05, 3.63) is 71.7 Å². The van der Waals surface area contributed by atoms with E-state index in [4.69, 9.17) is 23.2 Å². The lowest BCUT2D eigenvalue weighted by Crippen LogP contribution is -2.24.